The van der Waals surface area contributed by atoms with E-state index in [0.29, 0.717) is 0 Å². The lowest BCUT2D eigenvalue weighted by atomic mass is 10.0. The maximum atomic E-state index is 13.2. The molecule has 1 N–H and O–H groups in total. The molecule has 1 aliphatic rings. The Bertz CT molecular complexity index is 410. The highest BCUT2D eigenvalue weighted by molar-refractivity contribution is 5.54. The number of anilines is 1. The molecule has 2 nitrogen and oxygen atoms in total. The summed E-state index contributed by atoms with van der Waals surface area (Å²) in [6, 6.07) is 4.95. The Labute approximate surface area is 95.8 Å². The van der Waals surface area contributed by atoms with Gasteiger partial charge >= 0.3 is 0 Å². The molecule has 1 aromatic rings. The van der Waals surface area contributed by atoms with Crippen LogP contribution in [-0.2, 0) is 6.42 Å². The Kier molecular flexibility index (Phi) is 3.13. The lowest BCUT2D eigenvalue weighted by Gasteiger charge is -2.10. The van der Waals surface area contributed by atoms with Crippen LogP contribution in [0, 0.1) is 5.82 Å². The van der Waals surface area contributed by atoms with Gasteiger partial charge in [-0.15, -0.1) is 0 Å². The molecule has 0 amide bonds. The summed E-state index contributed by atoms with van der Waals surface area (Å²) >= 11 is 0. The van der Waals surface area contributed by atoms with Crippen LogP contribution in [0.25, 0.3) is 0 Å². The summed E-state index contributed by atoms with van der Waals surface area (Å²) in [6.45, 7) is 0.915. The van der Waals surface area contributed by atoms with Crippen LogP contribution in [0.1, 0.15) is 12.0 Å². The fourth-order valence-electron chi connectivity index (χ4n) is 2.05. The first-order valence-electron chi connectivity index (χ1n) is 5.53. The zero-order chi connectivity index (χ0) is 11.5. The number of nitrogens with zero attached hydrogens (tertiary/aromatic N) is 1. The smallest absolute Gasteiger partial charge is 0.123 e. The van der Waals surface area contributed by atoms with Gasteiger partial charge in [0, 0.05) is 26.3 Å². The second-order valence-corrected chi connectivity index (χ2v) is 4.41. The Balaban J connectivity index is 2.29. The summed E-state index contributed by atoms with van der Waals surface area (Å²) in [5.41, 5.74) is 3.44. The van der Waals surface area contributed by atoms with Gasteiger partial charge in [0.1, 0.15) is 5.82 Å². The van der Waals surface area contributed by atoms with Crippen LogP contribution in [0.4, 0.5) is 10.1 Å². The van der Waals surface area contributed by atoms with Crippen LogP contribution in [0.15, 0.2) is 30.0 Å². The molecule has 0 saturated carbocycles. The van der Waals surface area contributed by atoms with Gasteiger partial charge in [0.05, 0.1) is 0 Å². The van der Waals surface area contributed by atoms with E-state index in [2.05, 4.69) is 11.5 Å². The monoisotopic (exact) mass is 220 g/mol. The van der Waals surface area contributed by atoms with Crippen LogP contribution >= 0.6 is 0 Å². The van der Waals surface area contributed by atoms with E-state index >= 15 is 0 Å². The van der Waals surface area contributed by atoms with Crippen molar-refractivity contribution in [2.75, 3.05) is 26.0 Å². The number of hydrogen-bond acceptors (Lipinski definition) is 2. The van der Waals surface area contributed by atoms with Gasteiger partial charge < -0.3 is 10.2 Å². The number of hydrogen-bond donors (Lipinski definition) is 1. The lowest BCUT2D eigenvalue weighted by Crippen LogP contribution is -2.05. The molecule has 0 radical (unpaired) electrons. The van der Waals surface area contributed by atoms with Gasteiger partial charge in [0.2, 0.25) is 0 Å². The molecule has 16 heavy (non-hydrogen) atoms. The average molecular weight is 220 g/mol. The fourth-order valence-corrected chi connectivity index (χ4v) is 2.05. The molecule has 0 bridgehead atoms. The van der Waals surface area contributed by atoms with Gasteiger partial charge in [0.25, 0.3) is 0 Å². The summed E-state index contributed by atoms with van der Waals surface area (Å²) in [5.74, 6) is -0.161. The van der Waals surface area contributed by atoms with Gasteiger partial charge in [0.15, 0.2) is 0 Å². The summed E-state index contributed by atoms with van der Waals surface area (Å²) in [5, 5.41) is 3.33. The second-order valence-electron chi connectivity index (χ2n) is 4.41. The van der Waals surface area contributed by atoms with Crippen LogP contribution in [0.3, 0.4) is 0 Å². The zero-order valence-corrected chi connectivity index (χ0v) is 9.76. The second kappa shape index (κ2) is 4.56. The van der Waals surface area contributed by atoms with Crippen molar-refractivity contribution in [2.24, 2.45) is 0 Å². The fraction of sp³-hybridized carbons (Fsp3) is 0.385. The van der Waals surface area contributed by atoms with Crippen LogP contribution in [0.5, 0.6) is 0 Å². The van der Waals surface area contributed by atoms with E-state index in [1.165, 1.54) is 11.6 Å². The molecule has 1 aromatic carbocycles. The maximum Gasteiger partial charge on any atom is 0.123 e. The van der Waals surface area contributed by atoms with Crippen molar-refractivity contribution in [1.82, 2.24) is 4.90 Å². The number of fused-ring (bicyclic) bond motifs is 1. The molecule has 0 fully saturated rings. The topological polar surface area (TPSA) is 15.3 Å². The maximum absolute atomic E-state index is 13.2. The van der Waals surface area contributed by atoms with E-state index in [9.17, 15) is 4.39 Å². The molecule has 0 spiro atoms. The molecule has 1 aliphatic heterocycles. The van der Waals surface area contributed by atoms with Crippen molar-refractivity contribution < 1.29 is 4.39 Å². The largest absolute Gasteiger partial charge is 0.384 e. The molecular weight excluding hydrogens is 203 g/mol. The van der Waals surface area contributed by atoms with Gasteiger partial charge in [-0.25, -0.2) is 4.39 Å². The summed E-state index contributed by atoms with van der Waals surface area (Å²) < 4.78 is 13.2. The van der Waals surface area contributed by atoms with Crippen molar-refractivity contribution in [3.8, 4) is 0 Å². The molecule has 0 aliphatic carbocycles. The predicted molar refractivity (Wildman–Crippen MR) is 65.0 cm³/mol. The van der Waals surface area contributed by atoms with Crippen molar-refractivity contribution in [3.05, 3.63) is 41.4 Å². The third kappa shape index (κ3) is 2.54. The van der Waals surface area contributed by atoms with Gasteiger partial charge in [-0.05, 0) is 48.4 Å². The van der Waals surface area contributed by atoms with E-state index in [-0.39, 0.29) is 5.82 Å². The SMILES string of the molecule is CN(C)C=C1CCNc2ccc(F)cc2C1. The van der Waals surface area contributed by atoms with Crippen molar-refractivity contribution in [2.45, 2.75) is 12.8 Å². The number of rotatable bonds is 1. The highest BCUT2D eigenvalue weighted by Crippen LogP contribution is 2.24. The van der Waals surface area contributed by atoms with Crippen LogP contribution in [0.2, 0.25) is 0 Å². The van der Waals surface area contributed by atoms with Crippen LogP contribution in [-0.4, -0.2) is 25.5 Å². The van der Waals surface area contributed by atoms with E-state index in [1.54, 1.807) is 6.07 Å². The molecule has 86 valence electrons. The molecule has 0 unspecified atom stereocenters. The van der Waals surface area contributed by atoms with E-state index in [1.807, 2.05) is 25.1 Å². The standard InChI is InChI=1S/C13H17FN2/c1-16(2)9-10-5-6-15-13-4-3-12(14)8-11(13)7-10/h3-4,8-9,15H,5-7H2,1-2H3. The molecule has 0 aromatic heterocycles. The number of halogens is 1. The molecule has 0 atom stereocenters. The molecular formula is C13H17FN2. The molecule has 1 heterocycles. The van der Waals surface area contributed by atoms with Crippen molar-refractivity contribution in [3.63, 3.8) is 0 Å². The first-order valence-corrected chi connectivity index (χ1v) is 5.53. The third-order valence-electron chi connectivity index (χ3n) is 2.69. The van der Waals surface area contributed by atoms with Gasteiger partial charge in [-0.3, -0.25) is 0 Å². The summed E-state index contributed by atoms with van der Waals surface area (Å²) in [4.78, 5) is 2.04. The predicted octanol–water partition coefficient (Wildman–Crippen LogP) is 2.63. The summed E-state index contributed by atoms with van der Waals surface area (Å²) in [7, 11) is 4.02. The number of nitrogens with one attached hydrogen (secondary N) is 1. The minimum atomic E-state index is -0.161. The highest BCUT2D eigenvalue weighted by Gasteiger charge is 2.11. The van der Waals surface area contributed by atoms with Crippen LogP contribution < -0.4 is 5.32 Å². The molecule has 0 saturated heterocycles. The van der Waals surface area contributed by atoms with Crippen molar-refractivity contribution >= 4 is 5.69 Å². The Morgan fingerprint density at radius 1 is 1.38 bits per heavy atom. The van der Waals surface area contributed by atoms with E-state index < -0.39 is 0 Å². The van der Waals surface area contributed by atoms with E-state index in [4.69, 9.17) is 0 Å². The minimum absolute atomic E-state index is 0.161. The van der Waals surface area contributed by atoms with E-state index in [0.717, 1.165) is 30.6 Å². The number of benzene rings is 1. The molecule has 2 rings (SSSR count). The van der Waals surface area contributed by atoms with Crippen molar-refractivity contribution in [1.29, 1.82) is 0 Å². The zero-order valence-electron chi connectivity index (χ0n) is 9.76. The van der Waals surface area contributed by atoms with Gasteiger partial charge in [-0.1, -0.05) is 0 Å². The first-order chi connectivity index (χ1) is 7.65. The average Bonchev–Trinajstić information content (AvgIpc) is 2.37. The lowest BCUT2D eigenvalue weighted by molar-refractivity contribution is 0.553. The quantitative estimate of drug-likeness (QED) is 0.782. The Morgan fingerprint density at radius 3 is 2.94 bits per heavy atom. The third-order valence-corrected chi connectivity index (χ3v) is 2.69. The first kappa shape index (κ1) is 11.0. The Morgan fingerprint density at radius 2 is 2.19 bits per heavy atom. The minimum Gasteiger partial charge on any atom is -0.384 e. The summed E-state index contributed by atoms with van der Waals surface area (Å²) in [6.07, 6.45) is 3.97. The normalized spacial score (nSPS) is 17.6. The Hall–Kier alpha value is -1.51. The molecule has 3 heteroatoms. The highest BCUT2D eigenvalue weighted by atomic mass is 19.1. The van der Waals surface area contributed by atoms with Gasteiger partial charge in [-0.2, -0.15) is 0 Å².